The summed E-state index contributed by atoms with van der Waals surface area (Å²) in [5.41, 5.74) is 2.15. The quantitative estimate of drug-likeness (QED) is 0.786. The zero-order chi connectivity index (χ0) is 12.4. The molecule has 1 amide bonds. The van der Waals surface area contributed by atoms with E-state index in [1.165, 1.54) is 0 Å². The van der Waals surface area contributed by atoms with Gasteiger partial charge in [-0.15, -0.1) is 0 Å². The highest BCUT2D eigenvalue weighted by Crippen LogP contribution is 2.05. The van der Waals surface area contributed by atoms with Crippen molar-refractivity contribution in [3.8, 4) is 0 Å². The van der Waals surface area contributed by atoms with Gasteiger partial charge in [0.25, 0.3) is 0 Å². The molecule has 1 fully saturated rings. The minimum Gasteiger partial charge on any atom is -0.351 e. The average molecular weight is 236 g/mol. The van der Waals surface area contributed by atoms with Gasteiger partial charge in [0.15, 0.2) is 0 Å². The number of nitrogens with zero attached hydrogens (tertiary/aromatic N) is 2. The molecule has 1 unspecified atom stereocenters. The molecular formula is C12H20N4O. The molecule has 17 heavy (non-hydrogen) atoms. The number of amides is 1. The van der Waals surface area contributed by atoms with Gasteiger partial charge in [-0.25, -0.2) is 0 Å². The van der Waals surface area contributed by atoms with Crippen molar-refractivity contribution in [1.29, 1.82) is 0 Å². The number of rotatable bonds is 4. The Morgan fingerprint density at radius 3 is 2.82 bits per heavy atom. The van der Waals surface area contributed by atoms with Gasteiger partial charge in [-0.1, -0.05) is 0 Å². The second kappa shape index (κ2) is 4.87. The van der Waals surface area contributed by atoms with Gasteiger partial charge in [0.05, 0.1) is 18.2 Å². The molecule has 1 atom stereocenters. The Morgan fingerprint density at radius 2 is 2.35 bits per heavy atom. The molecule has 1 saturated heterocycles. The summed E-state index contributed by atoms with van der Waals surface area (Å²) in [6, 6.07) is 2.16. The highest BCUT2D eigenvalue weighted by atomic mass is 16.2. The fraction of sp³-hybridized carbons (Fsp3) is 0.667. The van der Waals surface area contributed by atoms with Gasteiger partial charge in [-0.2, -0.15) is 5.10 Å². The molecule has 0 aliphatic carbocycles. The van der Waals surface area contributed by atoms with Crippen LogP contribution < -0.4 is 10.6 Å². The average Bonchev–Trinajstić information content (AvgIpc) is 2.41. The van der Waals surface area contributed by atoms with Gasteiger partial charge in [0.1, 0.15) is 0 Å². The molecule has 0 radical (unpaired) electrons. The summed E-state index contributed by atoms with van der Waals surface area (Å²) < 4.78 is 1.94. The van der Waals surface area contributed by atoms with E-state index in [4.69, 9.17) is 0 Å². The minimum atomic E-state index is 0.112. The van der Waals surface area contributed by atoms with E-state index in [0.29, 0.717) is 0 Å². The summed E-state index contributed by atoms with van der Waals surface area (Å²) in [6.45, 7) is 8.36. The van der Waals surface area contributed by atoms with Crippen molar-refractivity contribution in [2.45, 2.75) is 33.4 Å². The fourth-order valence-corrected chi connectivity index (χ4v) is 2.00. The van der Waals surface area contributed by atoms with E-state index in [0.717, 1.165) is 31.0 Å². The first-order chi connectivity index (χ1) is 8.06. The smallest absolute Gasteiger partial charge is 0.225 e. The Bertz CT molecular complexity index is 409. The number of aryl methyl sites for hydroxylation is 2. The van der Waals surface area contributed by atoms with Crippen LogP contribution in [0.4, 0.5) is 0 Å². The third-order valence-electron chi connectivity index (χ3n) is 3.09. The molecule has 1 aromatic rings. The van der Waals surface area contributed by atoms with E-state index >= 15 is 0 Å². The second-order valence-electron chi connectivity index (χ2n) is 4.87. The number of hydrogen-bond acceptors (Lipinski definition) is 3. The lowest BCUT2D eigenvalue weighted by Gasteiger charge is -2.27. The Kier molecular flexibility index (Phi) is 3.47. The predicted molar refractivity (Wildman–Crippen MR) is 65.7 cm³/mol. The van der Waals surface area contributed by atoms with Crippen LogP contribution in [0, 0.1) is 19.8 Å². The maximum atomic E-state index is 11.7. The van der Waals surface area contributed by atoms with Gasteiger partial charge in [0.2, 0.25) is 5.91 Å². The van der Waals surface area contributed by atoms with Crippen molar-refractivity contribution in [1.82, 2.24) is 20.4 Å². The highest BCUT2D eigenvalue weighted by molar-refractivity contribution is 5.80. The first kappa shape index (κ1) is 12.1. The Labute approximate surface area is 102 Å². The summed E-state index contributed by atoms with van der Waals surface area (Å²) >= 11 is 0. The van der Waals surface area contributed by atoms with E-state index in [1.807, 2.05) is 31.5 Å². The van der Waals surface area contributed by atoms with Crippen molar-refractivity contribution >= 4 is 5.91 Å². The summed E-state index contributed by atoms with van der Waals surface area (Å²) in [7, 11) is 0. The Hall–Kier alpha value is -1.36. The van der Waals surface area contributed by atoms with Crippen molar-refractivity contribution < 1.29 is 4.79 Å². The Morgan fingerprint density at radius 1 is 1.65 bits per heavy atom. The van der Waals surface area contributed by atoms with E-state index in [9.17, 15) is 4.79 Å². The maximum Gasteiger partial charge on any atom is 0.225 e. The van der Waals surface area contributed by atoms with Crippen LogP contribution in [0.15, 0.2) is 6.07 Å². The van der Waals surface area contributed by atoms with Gasteiger partial charge in [0, 0.05) is 24.8 Å². The third-order valence-corrected chi connectivity index (χ3v) is 3.09. The molecule has 5 nitrogen and oxygen atoms in total. The molecule has 0 aromatic carbocycles. The number of carbonyl (C=O) groups is 1. The summed E-state index contributed by atoms with van der Waals surface area (Å²) in [4.78, 5) is 11.7. The van der Waals surface area contributed by atoms with E-state index in [-0.39, 0.29) is 17.9 Å². The molecule has 94 valence electrons. The standard InChI is InChI=1S/C12H20N4O/c1-8-4-10(3)16(15-8)7-9(2)14-12(17)11-5-13-6-11/h4,9,11,13H,5-7H2,1-3H3,(H,14,17). The fourth-order valence-electron chi connectivity index (χ4n) is 2.00. The summed E-state index contributed by atoms with van der Waals surface area (Å²) in [5.74, 6) is 0.302. The van der Waals surface area contributed by atoms with E-state index in [1.54, 1.807) is 0 Å². The van der Waals surface area contributed by atoms with Crippen LogP contribution in [0.2, 0.25) is 0 Å². The number of carbonyl (C=O) groups excluding carboxylic acids is 1. The summed E-state index contributed by atoms with van der Waals surface area (Å²) in [6.07, 6.45) is 0. The largest absolute Gasteiger partial charge is 0.351 e. The van der Waals surface area contributed by atoms with Crippen LogP contribution in [-0.4, -0.2) is 34.8 Å². The monoisotopic (exact) mass is 236 g/mol. The first-order valence-corrected chi connectivity index (χ1v) is 6.08. The first-order valence-electron chi connectivity index (χ1n) is 6.08. The Balaban J connectivity index is 1.86. The zero-order valence-electron chi connectivity index (χ0n) is 10.7. The number of hydrogen-bond donors (Lipinski definition) is 2. The molecule has 1 aliphatic rings. The van der Waals surface area contributed by atoms with E-state index in [2.05, 4.69) is 15.7 Å². The number of aromatic nitrogens is 2. The minimum absolute atomic E-state index is 0.112. The van der Waals surface area contributed by atoms with Crippen molar-refractivity contribution in [3.05, 3.63) is 17.5 Å². The van der Waals surface area contributed by atoms with E-state index < -0.39 is 0 Å². The lowest BCUT2D eigenvalue weighted by molar-refractivity contribution is -0.127. The van der Waals surface area contributed by atoms with Crippen LogP contribution in [0.5, 0.6) is 0 Å². The van der Waals surface area contributed by atoms with Gasteiger partial charge in [-0.3, -0.25) is 9.48 Å². The lowest BCUT2D eigenvalue weighted by Crippen LogP contribution is -2.52. The molecule has 0 saturated carbocycles. The van der Waals surface area contributed by atoms with Crippen LogP contribution >= 0.6 is 0 Å². The zero-order valence-corrected chi connectivity index (χ0v) is 10.7. The molecular weight excluding hydrogens is 216 g/mol. The predicted octanol–water partition coefficient (Wildman–Crippen LogP) is 0.224. The van der Waals surface area contributed by atoms with Gasteiger partial charge in [-0.05, 0) is 26.8 Å². The van der Waals surface area contributed by atoms with Crippen molar-refractivity contribution in [3.63, 3.8) is 0 Å². The normalized spacial score (nSPS) is 17.6. The molecule has 0 spiro atoms. The molecule has 2 rings (SSSR count). The number of nitrogens with one attached hydrogen (secondary N) is 2. The molecule has 0 bridgehead atoms. The van der Waals surface area contributed by atoms with Crippen LogP contribution in [0.3, 0.4) is 0 Å². The van der Waals surface area contributed by atoms with Gasteiger partial charge >= 0.3 is 0 Å². The summed E-state index contributed by atoms with van der Waals surface area (Å²) in [5, 5.41) is 10.5. The maximum absolute atomic E-state index is 11.7. The van der Waals surface area contributed by atoms with Crippen LogP contribution in [-0.2, 0) is 11.3 Å². The van der Waals surface area contributed by atoms with Crippen LogP contribution in [0.25, 0.3) is 0 Å². The SMILES string of the molecule is Cc1cc(C)n(CC(C)NC(=O)C2CNC2)n1. The second-order valence-corrected chi connectivity index (χ2v) is 4.87. The lowest BCUT2D eigenvalue weighted by atomic mass is 10.0. The molecule has 2 heterocycles. The van der Waals surface area contributed by atoms with Crippen LogP contribution in [0.1, 0.15) is 18.3 Å². The van der Waals surface area contributed by atoms with Gasteiger partial charge < -0.3 is 10.6 Å². The van der Waals surface area contributed by atoms with Crippen molar-refractivity contribution in [2.75, 3.05) is 13.1 Å². The topological polar surface area (TPSA) is 59.0 Å². The highest BCUT2D eigenvalue weighted by Gasteiger charge is 2.25. The molecule has 5 heteroatoms. The molecule has 1 aliphatic heterocycles. The van der Waals surface area contributed by atoms with Crippen molar-refractivity contribution in [2.24, 2.45) is 5.92 Å². The molecule has 1 aromatic heterocycles. The third kappa shape index (κ3) is 2.85. The molecule has 2 N–H and O–H groups in total.